The number of rotatable bonds is 7. The third kappa shape index (κ3) is 6.55. The molecule has 0 saturated heterocycles. The van der Waals surface area contributed by atoms with Crippen molar-refractivity contribution in [1.82, 2.24) is 5.32 Å². The van der Waals surface area contributed by atoms with Crippen LogP contribution in [0.1, 0.15) is 49.4 Å². The molecule has 2 amide bonds. The maximum absolute atomic E-state index is 11.7. The fraction of sp³-hybridized carbons (Fsp3) is 0.375. The second-order valence-corrected chi connectivity index (χ2v) is 4.44. The second-order valence-electron chi connectivity index (χ2n) is 4.44. The Labute approximate surface area is 114 Å². The standard InChI is InChI=1S/C16H21NO2/c1-2-3-4-5-6-10-13-15(18)17-16(19)14-11-8-7-9-12-14/h7-13H,2-6H2,1H3,(H,17,18,19)/b13-10+. The van der Waals surface area contributed by atoms with Crippen LogP contribution in [-0.2, 0) is 4.79 Å². The van der Waals surface area contributed by atoms with Crippen molar-refractivity contribution < 1.29 is 9.59 Å². The van der Waals surface area contributed by atoms with Crippen molar-refractivity contribution in [2.75, 3.05) is 0 Å². The number of allylic oxidation sites excluding steroid dienone is 1. The highest BCUT2D eigenvalue weighted by Gasteiger charge is 2.06. The van der Waals surface area contributed by atoms with Crippen LogP contribution in [0.15, 0.2) is 42.5 Å². The summed E-state index contributed by atoms with van der Waals surface area (Å²) in [6.45, 7) is 2.17. The quantitative estimate of drug-likeness (QED) is 0.602. The van der Waals surface area contributed by atoms with E-state index in [1.54, 1.807) is 24.3 Å². The highest BCUT2D eigenvalue weighted by atomic mass is 16.2. The zero-order valence-electron chi connectivity index (χ0n) is 11.4. The van der Waals surface area contributed by atoms with Crippen molar-refractivity contribution >= 4 is 11.8 Å². The van der Waals surface area contributed by atoms with Gasteiger partial charge >= 0.3 is 0 Å². The van der Waals surface area contributed by atoms with E-state index in [-0.39, 0.29) is 11.8 Å². The largest absolute Gasteiger partial charge is 0.289 e. The van der Waals surface area contributed by atoms with Crippen LogP contribution in [0.5, 0.6) is 0 Å². The number of unbranched alkanes of at least 4 members (excludes halogenated alkanes) is 4. The van der Waals surface area contributed by atoms with Crippen LogP contribution in [0.3, 0.4) is 0 Å². The van der Waals surface area contributed by atoms with Crippen LogP contribution in [-0.4, -0.2) is 11.8 Å². The Morgan fingerprint density at radius 1 is 1.11 bits per heavy atom. The van der Waals surface area contributed by atoms with Gasteiger partial charge in [0.25, 0.3) is 5.91 Å². The van der Waals surface area contributed by atoms with Gasteiger partial charge in [0, 0.05) is 5.56 Å². The SMILES string of the molecule is CCCCCC/C=C/C(=O)NC(=O)c1ccccc1. The molecule has 0 heterocycles. The van der Waals surface area contributed by atoms with Gasteiger partial charge in [0.2, 0.25) is 5.91 Å². The van der Waals surface area contributed by atoms with E-state index in [0.717, 1.165) is 12.8 Å². The predicted octanol–water partition coefficient (Wildman–Crippen LogP) is 3.47. The molecule has 0 aliphatic heterocycles. The lowest BCUT2D eigenvalue weighted by molar-refractivity contribution is -0.115. The number of imide groups is 1. The molecule has 1 rings (SSSR count). The van der Waals surface area contributed by atoms with Gasteiger partial charge in [0.15, 0.2) is 0 Å². The Morgan fingerprint density at radius 3 is 2.53 bits per heavy atom. The van der Waals surface area contributed by atoms with E-state index in [1.807, 2.05) is 12.1 Å². The van der Waals surface area contributed by atoms with Crippen LogP contribution in [0.2, 0.25) is 0 Å². The van der Waals surface area contributed by atoms with Gasteiger partial charge in [0.1, 0.15) is 0 Å². The normalized spacial score (nSPS) is 10.6. The Bertz CT molecular complexity index is 424. The summed E-state index contributed by atoms with van der Waals surface area (Å²) in [6, 6.07) is 8.72. The van der Waals surface area contributed by atoms with Crippen molar-refractivity contribution in [2.24, 2.45) is 0 Å². The number of hydrogen-bond acceptors (Lipinski definition) is 2. The minimum absolute atomic E-state index is 0.357. The summed E-state index contributed by atoms with van der Waals surface area (Å²) in [5, 5.41) is 2.33. The molecule has 0 saturated carbocycles. The topological polar surface area (TPSA) is 46.2 Å². The van der Waals surface area contributed by atoms with E-state index in [4.69, 9.17) is 0 Å². The first-order valence-corrected chi connectivity index (χ1v) is 6.81. The van der Waals surface area contributed by atoms with Crippen LogP contribution in [0, 0.1) is 0 Å². The molecule has 0 aliphatic rings. The van der Waals surface area contributed by atoms with Gasteiger partial charge in [0.05, 0.1) is 0 Å². The average molecular weight is 259 g/mol. The van der Waals surface area contributed by atoms with E-state index < -0.39 is 0 Å². The first-order valence-electron chi connectivity index (χ1n) is 6.81. The van der Waals surface area contributed by atoms with E-state index in [9.17, 15) is 9.59 Å². The smallest absolute Gasteiger partial charge is 0.258 e. The maximum Gasteiger partial charge on any atom is 0.258 e. The molecule has 0 aliphatic carbocycles. The van der Waals surface area contributed by atoms with Crippen molar-refractivity contribution in [3.63, 3.8) is 0 Å². The van der Waals surface area contributed by atoms with Gasteiger partial charge in [-0.15, -0.1) is 0 Å². The van der Waals surface area contributed by atoms with Gasteiger partial charge in [-0.1, -0.05) is 50.5 Å². The minimum Gasteiger partial charge on any atom is -0.289 e. The highest BCUT2D eigenvalue weighted by molar-refractivity contribution is 6.07. The van der Waals surface area contributed by atoms with Gasteiger partial charge < -0.3 is 0 Å². The van der Waals surface area contributed by atoms with Crippen molar-refractivity contribution in [1.29, 1.82) is 0 Å². The Kier molecular flexibility index (Phi) is 7.25. The molecule has 3 nitrogen and oxygen atoms in total. The Balaban J connectivity index is 2.27. The first-order chi connectivity index (χ1) is 9.24. The van der Waals surface area contributed by atoms with E-state index in [0.29, 0.717) is 5.56 Å². The van der Waals surface area contributed by atoms with E-state index in [1.165, 1.54) is 25.3 Å². The average Bonchev–Trinajstić information content (AvgIpc) is 2.43. The summed E-state index contributed by atoms with van der Waals surface area (Å²) in [7, 11) is 0. The molecule has 102 valence electrons. The Morgan fingerprint density at radius 2 is 1.84 bits per heavy atom. The van der Waals surface area contributed by atoms with Gasteiger partial charge in [-0.2, -0.15) is 0 Å². The molecular weight excluding hydrogens is 238 g/mol. The molecule has 0 atom stereocenters. The molecular formula is C16H21NO2. The van der Waals surface area contributed by atoms with Crippen LogP contribution in [0.25, 0.3) is 0 Å². The zero-order valence-corrected chi connectivity index (χ0v) is 11.4. The summed E-state index contributed by atoms with van der Waals surface area (Å²) >= 11 is 0. The molecule has 19 heavy (non-hydrogen) atoms. The van der Waals surface area contributed by atoms with Gasteiger partial charge in [-0.25, -0.2) is 0 Å². The zero-order chi connectivity index (χ0) is 13.9. The molecule has 0 unspecified atom stereocenters. The number of carbonyl (C=O) groups is 2. The third-order valence-electron chi connectivity index (χ3n) is 2.77. The number of carbonyl (C=O) groups excluding carboxylic acids is 2. The third-order valence-corrected chi connectivity index (χ3v) is 2.77. The lowest BCUT2D eigenvalue weighted by Gasteiger charge is -2.00. The minimum atomic E-state index is -0.360. The lowest BCUT2D eigenvalue weighted by Crippen LogP contribution is -2.28. The molecule has 1 N–H and O–H groups in total. The monoisotopic (exact) mass is 259 g/mol. The summed E-state index contributed by atoms with van der Waals surface area (Å²) in [6.07, 6.45) is 8.85. The maximum atomic E-state index is 11.7. The van der Waals surface area contributed by atoms with Crippen LogP contribution < -0.4 is 5.32 Å². The summed E-state index contributed by atoms with van der Waals surface area (Å²) in [4.78, 5) is 23.2. The van der Waals surface area contributed by atoms with E-state index in [2.05, 4.69) is 12.2 Å². The number of benzene rings is 1. The number of hydrogen-bond donors (Lipinski definition) is 1. The summed E-state index contributed by atoms with van der Waals surface area (Å²) < 4.78 is 0. The molecule has 0 fully saturated rings. The second kappa shape index (κ2) is 9.09. The summed E-state index contributed by atoms with van der Waals surface area (Å²) in [5.74, 6) is -0.717. The fourth-order valence-electron chi connectivity index (χ4n) is 1.69. The van der Waals surface area contributed by atoms with Gasteiger partial charge in [-0.3, -0.25) is 14.9 Å². The van der Waals surface area contributed by atoms with Crippen LogP contribution >= 0.6 is 0 Å². The fourth-order valence-corrected chi connectivity index (χ4v) is 1.69. The van der Waals surface area contributed by atoms with Gasteiger partial charge in [-0.05, 0) is 31.1 Å². The molecule has 0 bridgehead atoms. The van der Waals surface area contributed by atoms with Crippen molar-refractivity contribution in [2.45, 2.75) is 39.0 Å². The molecule has 1 aromatic rings. The number of nitrogens with one attached hydrogen (secondary N) is 1. The molecule has 0 radical (unpaired) electrons. The molecule has 0 aromatic heterocycles. The highest BCUT2D eigenvalue weighted by Crippen LogP contribution is 2.03. The predicted molar refractivity (Wildman–Crippen MR) is 76.8 cm³/mol. The Hall–Kier alpha value is -1.90. The number of amides is 2. The first kappa shape index (κ1) is 15.2. The molecule has 1 aromatic carbocycles. The summed E-state index contributed by atoms with van der Waals surface area (Å²) in [5.41, 5.74) is 0.493. The molecule has 0 spiro atoms. The van der Waals surface area contributed by atoms with Crippen LogP contribution in [0.4, 0.5) is 0 Å². The van der Waals surface area contributed by atoms with E-state index >= 15 is 0 Å². The van der Waals surface area contributed by atoms with Crippen molar-refractivity contribution in [3.05, 3.63) is 48.0 Å². The molecule has 3 heteroatoms. The van der Waals surface area contributed by atoms with Crippen molar-refractivity contribution in [3.8, 4) is 0 Å². The lowest BCUT2D eigenvalue weighted by atomic mass is 10.1.